The van der Waals surface area contributed by atoms with Gasteiger partial charge < -0.3 is 25.4 Å². The number of nitrogens with one attached hydrogen (secondary N) is 2. The van der Waals surface area contributed by atoms with Crippen molar-refractivity contribution >= 4 is 35.6 Å². The molecule has 168 valence electrons. The van der Waals surface area contributed by atoms with Crippen LogP contribution >= 0.6 is 24.0 Å². The van der Waals surface area contributed by atoms with Crippen LogP contribution in [-0.4, -0.2) is 62.6 Å². The van der Waals surface area contributed by atoms with Crippen molar-refractivity contribution in [1.82, 2.24) is 10.6 Å². The Kier molecular flexibility index (Phi) is 12.7. The maximum Gasteiger partial charge on any atom is 0.191 e. The molecule has 0 radical (unpaired) electrons. The molecule has 1 aromatic rings. The van der Waals surface area contributed by atoms with Crippen LogP contribution < -0.4 is 15.5 Å². The molecule has 2 unspecified atom stereocenters. The molecule has 7 nitrogen and oxygen atoms in total. The molecule has 3 N–H and O–H groups in total. The van der Waals surface area contributed by atoms with E-state index in [0.717, 1.165) is 38.2 Å². The molecule has 0 bridgehead atoms. The van der Waals surface area contributed by atoms with Gasteiger partial charge in [0, 0.05) is 32.3 Å². The second kappa shape index (κ2) is 14.4. The lowest BCUT2D eigenvalue weighted by Gasteiger charge is -2.35. The number of aliphatic imine (C=N–C) groups is 1. The summed E-state index contributed by atoms with van der Waals surface area (Å²) in [6, 6.07) is 10.3. The molecule has 1 heterocycles. The first kappa shape index (κ1) is 26.5. The first-order chi connectivity index (χ1) is 14.0. The number of ether oxygens (including phenoxy) is 1. The highest BCUT2D eigenvalue weighted by Crippen LogP contribution is 2.23. The van der Waals surface area contributed by atoms with Crippen LogP contribution in [0.4, 0.5) is 5.69 Å². The Labute approximate surface area is 197 Å². The van der Waals surface area contributed by atoms with E-state index in [1.54, 1.807) is 0 Å². The van der Waals surface area contributed by atoms with Crippen LogP contribution in [0.15, 0.2) is 29.3 Å². The molecule has 0 aromatic heterocycles. The Hall–Kier alpha value is -1.57. The van der Waals surface area contributed by atoms with Crippen molar-refractivity contribution in [2.45, 2.75) is 45.8 Å². The Morgan fingerprint density at radius 3 is 2.83 bits per heavy atom. The number of rotatable bonds is 9. The Morgan fingerprint density at radius 1 is 1.37 bits per heavy atom. The first-order valence-electron chi connectivity index (χ1n) is 10.6. The zero-order chi connectivity index (χ0) is 21.1. The third-order valence-electron chi connectivity index (χ3n) is 4.69. The molecule has 1 aromatic carbocycles. The smallest absolute Gasteiger partial charge is 0.191 e. The van der Waals surface area contributed by atoms with E-state index in [1.165, 1.54) is 0 Å². The minimum atomic E-state index is -0.616. The monoisotopic (exact) mass is 529 g/mol. The third-order valence-corrected chi connectivity index (χ3v) is 4.69. The molecule has 1 aliphatic heterocycles. The van der Waals surface area contributed by atoms with Crippen LogP contribution in [0, 0.1) is 17.2 Å². The van der Waals surface area contributed by atoms with Gasteiger partial charge in [-0.2, -0.15) is 5.26 Å². The van der Waals surface area contributed by atoms with Gasteiger partial charge in [-0.3, -0.25) is 4.99 Å². The molecule has 1 fully saturated rings. The molecule has 2 rings (SSSR count). The summed E-state index contributed by atoms with van der Waals surface area (Å²) in [5.74, 6) is 1.15. The van der Waals surface area contributed by atoms with E-state index in [2.05, 4.69) is 40.4 Å². The van der Waals surface area contributed by atoms with Crippen molar-refractivity contribution in [3.05, 3.63) is 29.8 Å². The van der Waals surface area contributed by atoms with Crippen molar-refractivity contribution in [2.75, 3.05) is 44.3 Å². The van der Waals surface area contributed by atoms with E-state index in [-0.39, 0.29) is 30.0 Å². The molecule has 0 saturated carbocycles. The number of aliphatic hydroxyl groups excluding tert-OH is 1. The van der Waals surface area contributed by atoms with Crippen LogP contribution in [0.5, 0.6) is 0 Å². The van der Waals surface area contributed by atoms with Gasteiger partial charge in [-0.05, 0) is 37.8 Å². The number of piperidine rings is 1. The van der Waals surface area contributed by atoms with Crippen molar-refractivity contribution in [3.8, 4) is 6.07 Å². The molecule has 0 spiro atoms. The number of nitriles is 1. The van der Waals surface area contributed by atoms with E-state index < -0.39 is 6.10 Å². The maximum absolute atomic E-state index is 10.1. The standard InChI is InChI=1S/C22H35N5O2.HI/c1-4-24-22(25-13-20(28)16-29-15-17(2)3)26-19-9-7-11-27(14-19)21-10-6-5-8-18(21)12-23;/h5-6,8,10,17,19-20,28H,4,7,9,11,13-16H2,1-3H3,(H2,24,25,26);1H. The molecule has 0 amide bonds. The van der Waals surface area contributed by atoms with Crippen molar-refractivity contribution in [3.63, 3.8) is 0 Å². The highest BCUT2D eigenvalue weighted by atomic mass is 127. The molecule has 1 saturated heterocycles. The number of para-hydroxylation sites is 1. The van der Waals surface area contributed by atoms with Crippen molar-refractivity contribution in [1.29, 1.82) is 5.26 Å². The topological polar surface area (TPSA) is 92.9 Å². The van der Waals surface area contributed by atoms with Gasteiger partial charge in [0.15, 0.2) is 5.96 Å². The molecular formula is C22H36IN5O2. The van der Waals surface area contributed by atoms with Gasteiger partial charge in [0.2, 0.25) is 0 Å². The number of guanidine groups is 1. The van der Waals surface area contributed by atoms with Crippen molar-refractivity contribution < 1.29 is 9.84 Å². The third kappa shape index (κ3) is 9.06. The van der Waals surface area contributed by atoms with Gasteiger partial charge in [0.05, 0.1) is 30.5 Å². The minimum absolute atomic E-state index is 0. The Morgan fingerprint density at radius 2 is 2.13 bits per heavy atom. The lowest BCUT2D eigenvalue weighted by Crippen LogP contribution is -2.51. The first-order valence-corrected chi connectivity index (χ1v) is 10.6. The van der Waals surface area contributed by atoms with E-state index in [0.29, 0.717) is 37.2 Å². The average molecular weight is 529 g/mol. The summed E-state index contributed by atoms with van der Waals surface area (Å²) in [5, 5.41) is 26.2. The van der Waals surface area contributed by atoms with Crippen LogP contribution in [0.2, 0.25) is 0 Å². The van der Waals surface area contributed by atoms with Gasteiger partial charge in [0.1, 0.15) is 6.07 Å². The number of halogens is 1. The molecule has 2 atom stereocenters. The van der Waals surface area contributed by atoms with E-state index in [1.807, 2.05) is 31.2 Å². The fraction of sp³-hybridized carbons (Fsp3) is 0.636. The summed E-state index contributed by atoms with van der Waals surface area (Å²) in [6.07, 6.45) is 1.47. The van der Waals surface area contributed by atoms with E-state index >= 15 is 0 Å². The predicted molar refractivity (Wildman–Crippen MR) is 133 cm³/mol. The summed E-state index contributed by atoms with van der Waals surface area (Å²) >= 11 is 0. The average Bonchev–Trinajstić information content (AvgIpc) is 2.72. The molecule has 30 heavy (non-hydrogen) atoms. The zero-order valence-electron chi connectivity index (χ0n) is 18.3. The quantitative estimate of drug-likeness (QED) is 0.259. The lowest BCUT2D eigenvalue weighted by molar-refractivity contribution is 0.0301. The summed E-state index contributed by atoms with van der Waals surface area (Å²) in [6.45, 7) is 9.92. The SMILES string of the molecule is CCNC(=NCC(O)COCC(C)C)NC1CCCN(c2ccccc2C#N)C1.I. The maximum atomic E-state index is 10.1. The summed E-state index contributed by atoms with van der Waals surface area (Å²) in [5.41, 5.74) is 1.69. The van der Waals surface area contributed by atoms with Gasteiger partial charge in [-0.15, -0.1) is 24.0 Å². The van der Waals surface area contributed by atoms with Crippen LogP contribution in [0.25, 0.3) is 0 Å². The normalized spacial score (nSPS) is 17.8. The van der Waals surface area contributed by atoms with Crippen molar-refractivity contribution in [2.24, 2.45) is 10.9 Å². The minimum Gasteiger partial charge on any atom is -0.389 e. The van der Waals surface area contributed by atoms with Crippen LogP contribution in [0.3, 0.4) is 0 Å². The van der Waals surface area contributed by atoms with Crippen LogP contribution in [-0.2, 0) is 4.74 Å². The Bertz CT molecular complexity index is 692. The van der Waals surface area contributed by atoms with Gasteiger partial charge in [-0.25, -0.2) is 0 Å². The number of benzene rings is 1. The summed E-state index contributed by atoms with van der Waals surface area (Å²) in [4.78, 5) is 6.79. The zero-order valence-corrected chi connectivity index (χ0v) is 20.6. The second-order valence-corrected chi connectivity index (χ2v) is 7.86. The fourth-order valence-electron chi connectivity index (χ4n) is 3.36. The Balaban J connectivity index is 0.00000450. The van der Waals surface area contributed by atoms with E-state index in [9.17, 15) is 10.4 Å². The lowest BCUT2D eigenvalue weighted by atomic mass is 10.0. The summed E-state index contributed by atoms with van der Waals surface area (Å²) < 4.78 is 5.49. The molecule has 8 heteroatoms. The number of aliphatic hydroxyl groups is 1. The van der Waals surface area contributed by atoms with Crippen LogP contribution in [0.1, 0.15) is 39.2 Å². The molecular weight excluding hydrogens is 493 g/mol. The number of nitrogens with zero attached hydrogens (tertiary/aromatic N) is 3. The summed E-state index contributed by atoms with van der Waals surface area (Å²) in [7, 11) is 0. The number of hydrogen-bond donors (Lipinski definition) is 3. The van der Waals surface area contributed by atoms with Gasteiger partial charge >= 0.3 is 0 Å². The largest absolute Gasteiger partial charge is 0.389 e. The van der Waals surface area contributed by atoms with Gasteiger partial charge in [-0.1, -0.05) is 26.0 Å². The fourth-order valence-corrected chi connectivity index (χ4v) is 3.36. The second-order valence-electron chi connectivity index (χ2n) is 7.86. The molecule has 0 aliphatic carbocycles. The number of hydrogen-bond acceptors (Lipinski definition) is 5. The highest BCUT2D eigenvalue weighted by molar-refractivity contribution is 14.0. The van der Waals surface area contributed by atoms with Gasteiger partial charge in [0.25, 0.3) is 0 Å². The highest BCUT2D eigenvalue weighted by Gasteiger charge is 2.22. The predicted octanol–water partition coefficient (Wildman–Crippen LogP) is 2.73. The molecule has 1 aliphatic rings. The van der Waals surface area contributed by atoms with E-state index in [4.69, 9.17) is 4.74 Å². The number of anilines is 1.